The lowest BCUT2D eigenvalue weighted by Crippen LogP contribution is -2.04. The lowest BCUT2D eigenvalue weighted by molar-refractivity contribution is 0.101. The Kier molecular flexibility index (Phi) is 3.89. The molecule has 0 bridgehead atoms. The third-order valence-corrected chi connectivity index (χ3v) is 2.66. The van der Waals surface area contributed by atoms with Gasteiger partial charge in [-0.25, -0.2) is 4.39 Å². The molecular formula is C9H7BrClFO2. The molecule has 0 fully saturated rings. The van der Waals surface area contributed by atoms with Gasteiger partial charge >= 0.3 is 0 Å². The quantitative estimate of drug-likeness (QED) is 0.629. The van der Waals surface area contributed by atoms with Gasteiger partial charge in [-0.15, -0.1) is 11.6 Å². The van der Waals surface area contributed by atoms with Crippen LogP contribution in [0.5, 0.6) is 5.75 Å². The number of carbonyl (C=O) groups excluding carboxylic acids is 1. The summed E-state index contributed by atoms with van der Waals surface area (Å²) >= 11 is 8.39. The lowest BCUT2D eigenvalue weighted by atomic mass is 10.1. The molecule has 0 saturated carbocycles. The molecule has 0 aromatic heterocycles. The summed E-state index contributed by atoms with van der Waals surface area (Å²) in [5.74, 6) is -0.762. The third kappa shape index (κ3) is 2.07. The zero-order chi connectivity index (χ0) is 10.7. The van der Waals surface area contributed by atoms with Gasteiger partial charge < -0.3 is 4.74 Å². The molecule has 0 aliphatic carbocycles. The fraction of sp³-hybridized carbons (Fsp3) is 0.222. The van der Waals surface area contributed by atoms with Crippen LogP contribution in [0.2, 0.25) is 0 Å². The molecule has 1 aromatic carbocycles. The van der Waals surface area contributed by atoms with E-state index in [0.717, 1.165) is 0 Å². The second-order valence-electron chi connectivity index (χ2n) is 2.50. The number of hydrogen-bond donors (Lipinski definition) is 0. The maximum atomic E-state index is 13.0. The maximum Gasteiger partial charge on any atom is 0.181 e. The number of halogens is 3. The molecule has 0 saturated heterocycles. The average molecular weight is 282 g/mol. The summed E-state index contributed by atoms with van der Waals surface area (Å²) in [5.41, 5.74) is 0.274. The van der Waals surface area contributed by atoms with E-state index in [4.69, 9.17) is 16.3 Å². The van der Waals surface area contributed by atoms with Gasteiger partial charge in [0.1, 0.15) is 11.6 Å². The predicted octanol–water partition coefficient (Wildman–Crippen LogP) is 3.02. The Morgan fingerprint density at radius 1 is 1.64 bits per heavy atom. The van der Waals surface area contributed by atoms with Gasteiger partial charge in [0.15, 0.2) is 5.78 Å². The molecule has 1 aromatic rings. The molecule has 2 nitrogen and oxygen atoms in total. The number of rotatable bonds is 3. The number of Topliss-reactive ketones (excluding diaryl/α,β-unsaturated/α-hetero) is 1. The number of ketones is 1. The van der Waals surface area contributed by atoms with E-state index < -0.39 is 5.82 Å². The van der Waals surface area contributed by atoms with Gasteiger partial charge in [0, 0.05) is 0 Å². The fourth-order valence-corrected chi connectivity index (χ4v) is 1.67. The van der Waals surface area contributed by atoms with Gasteiger partial charge in [0.2, 0.25) is 0 Å². The number of ether oxygens (including phenoxy) is 1. The first-order valence-corrected chi connectivity index (χ1v) is 5.05. The zero-order valence-electron chi connectivity index (χ0n) is 7.31. The molecule has 5 heteroatoms. The van der Waals surface area contributed by atoms with Crippen LogP contribution in [0.25, 0.3) is 0 Å². The number of methoxy groups -OCH3 is 1. The zero-order valence-corrected chi connectivity index (χ0v) is 9.65. The predicted molar refractivity (Wildman–Crippen MR) is 55.7 cm³/mol. The topological polar surface area (TPSA) is 26.3 Å². The van der Waals surface area contributed by atoms with Crippen molar-refractivity contribution in [2.75, 3.05) is 13.0 Å². The smallest absolute Gasteiger partial charge is 0.181 e. The molecule has 0 heterocycles. The van der Waals surface area contributed by atoms with Crippen LogP contribution < -0.4 is 4.74 Å². The van der Waals surface area contributed by atoms with Crippen molar-refractivity contribution < 1.29 is 13.9 Å². The second-order valence-corrected chi connectivity index (χ2v) is 3.56. The largest absolute Gasteiger partial charge is 0.495 e. The Labute approximate surface area is 94.1 Å². The minimum Gasteiger partial charge on any atom is -0.495 e. The second kappa shape index (κ2) is 4.75. The van der Waals surface area contributed by atoms with E-state index in [2.05, 4.69) is 15.9 Å². The van der Waals surface area contributed by atoms with Crippen molar-refractivity contribution in [2.45, 2.75) is 0 Å². The minimum absolute atomic E-state index is 0.135. The molecule has 1 rings (SSSR count). The monoisotopic (exact) mass is 280 g/mol. The SMILES string of the molecule is COc1c(C(=O)CCl)ccc(F)c1Br. The van der Waals surface area contributed by atoms with Crippen molar-refractivity contribution in [3.8, 4) is 5.75 Å². The normalized spacial score (nSPS) is 10.0. The Balaban J connectivity index is 3.31. The summed E-state index contributed by atoms with van der Waals surface area (Å²) in [6.45, 7) is 0. The number of benzene rings is 1. The van der Waals surface area contributed by atoms with Crippen LogP contribution in [0.3, 0.4) is 0 Å². The van der Waals surface area contributed by atoms with Gasteiger partial charge in [0.05, 0.1) is 23.0 Å². The summed E-state index contributed by atoms with van der Waals surface area (Å²) in [5, 5.41) is 0. The van der Waals surface area contributed by atoms with E-state index in [-0.39, 0.29) is 27.4 Å². The highest BCUT2D eigenvalue weighted by Gasteiger charge is 2.16. The van der Waals surface area contributed by atoms with Crippen LogP contribution in [-0.2, 0) is 0 Å². The van der Waals surface area contributed by atoms with Gasteiger partial charge in [-0.05, 0) is 28.1 Å². The lowest BCUT2D eigenvalue weighted by Gasteiger charge is -2.08. The van der Waals surface area contributed by atoms with E-state index in [1.807, 2.05) is 0 Å². The summed E-state index contributed by atoms with van der Waals surface area (Å²) in [7, 11) is 1.37. The molecule has 0 spiro atoms. The summed E-state index contributed by atoms with van der Waals surface area (Å²) in [6, 6.07) is 2.54. The van der Waals surface area contributed by atoms with E-state index in [0.29, 0.717) is 0 Å². The molecule has 0 aliphatic heterocycles. The summed E-state index contributed by atoms with van der Waals surface area (Å²) in [4.78, 5) is 11.3. The highest BCUT2D eigenvalue weighted by molar-refractivity contribution is 9.10. The van der Waals surface area contributed by atoms with Crippen LogP contribution in [0.1, 0.15) is 10.4 Å². The third-order valence-electron chi connectivity index (χ3n) is 1.68. The highest BCUT2D eigenvalue weighted by atomic mass is 79.9. The van der Waals surface area contributed by atoms with Crippen LogP contribution in [0.15, 0.2) is 16.6 Å². The fourth-order valence-electron chi connectivity index (χ4n) is 1.02. The van der Waals surface area contributed by atoms with Crippen molar-refractivity contribution in [2.24, 2.45) is 0 Å². The molecule has 0 N–H and O–H groups in total. The number of alkyl halides is 1. The highest BCUT2D eigenvalue weighted by Crippen LogP contribution is 2.31. The van der Waals surface area contributed by atoms with Gasteiger partial charge in [-0.3, -0.25) is 4.79 Å². The van der Waals surface area contributed by atoms with Crippen molar-refractivity contribution in [1.29, 1.82) is 0 Å². The molecule has 0 aliphatic rings. The number of hydrogen-bond acceptors (Lipinski definition) is 2. The van der Waals surface area contributed by atoms with Gasteiger partial charge in [-0.1, -0.05) is 0 Å². The Bertz CT molecular complexity index is 368. The van der Waals surface area contributed by atoms with E-state index in [1.54, 1.807) is 0 Å². The van der Waals surface area contributed by atoms with Crippen LogP contribution in [0.4, 0.5) is 4.39 Å². The molecule has 0 unspecified atom stereocenters. The Morgan fingerprint density at radius 2 is 2.29 bits per heavy atom. The van der Waals surface area contributed by atoms with Crippen molar-refractivity contribution >= 4 is 33.3 Å². The summed E-state index contributed by atoms with van der Waals surface area (Å²) in [6.07, 6.45) is 0. The molecule has 0 radical (unpaired) electrons. The Morgan fingerprint density at radius 3 is 2.79 bits per heavy atom. The number of carbonyl (C=O) groups is 1. The van der Waals surface area contributed by atoms with E-state index >= 15 is 0 Å². The molecule has 14 heavy (non-hydrogen) atoms. The van der Waals surface area contributed by atoms with Crippen LogP contribution >= 0.6 is 27.5 Å². The van der Waals surface area contributed by atoms with Gasteiger partial charge in [0.25, 0.3) is 0 Å². The molecule has 0 atom stereocenters. The van der Waals surface area contributed by atoms with Crippen molar-refractivity contribution in [3.05, 3.63) is 28.0 Å². The summed E-state index contributed by atoms with van der Waals surface area (Å²) < 4.78 is 18.1. The van der Waals surface area contributed by atoms with Crippen LogP contribution in [-0.4, -0.2) is 18.8 Å². The average Bonchev–Trinajstić information content (AvgIpc) is 2.20. The first-order chi connectivity index (χ1) is 6.61. The van der Waals surface area contributed by atoms with Crippen molar-refractivity contribution in [1.82, 2.24) is 0 Å². The molecule has 0 amide bonds. The molecule has 76 valence electrons. The standard InChI is InChI=1S/C9H7BrClFO2/c1-14-9-5(7(13)4-11)2-3-6(12)8(9)10/h2-3H,4H2,1H3. The first kappa shape index (κ1) is 11.5. The first-order valence-electron chi connectivity index (χ1n) is 3.73. The molecular weight excluding hydrogens is 274 g/mol. The van der Waals surface area contributed by atoms with Crippen molar-refractivity contribution in [3.63, 3.8) is 0 Å². The minimum atomic E-state index is -0.479. The van der Waals surface area contributed by atoms with E-state index in [1.165, 1.54) is 19.2 Å². The maximum absolute atomic E-state index is 13.0. The Hall–Kier alpha value is -0.610. The van der Waals surface area contributed by atoms with Gasteiger partial charge in [-0.2, -0.15) is 0 Å². The van der Waals surface area contributed by atoms with E-state index in [9.17, 15) is 9.18 Å². The van der Waals surface area contributed by atoms with Crippen LogP contribution in [0, 0.1) is 5.82 Å².